The van der Waals surface area contributed by atoms with Crippen molar-refractivity contribution in [3.05, 3.63) is 35.9 Å². The molecule has 186 valence electrons. The Morgan fingerprint density at radius 1 is 1.15 bits per heavy atom. The third kappa shape index (κ3) is 7.48. The monoisotopic (exact) mass is 473 g/mol. The highest BCUT2D eigenvalue weighted by Gasteiger charge is 2.41. The van der Waals surface area contributed by atoms with Crippen molar-refractivity contribution in [2.75, 3.05) is 13.1 Å². The number of amides is 2. The molecule has 3 unspecified atom stereocenters. The summed E-state index contributed by atoms with van der Waals surface area (Å²) in [6.45, 7) is 7.15. The maximum Gasteiger partial charge on any atom is 0.323 e. The molecule has 1 fully saturated rings. The number of esters is 1. The van der Waals surface area contributed by atoms with E-state index >= 15 is 0 Å². The molecule has 1 aliphatic heterocycles. The maximum atomic E-state index is 13.0. The van der Waals surface area contributed by atoms with Crippen molar-refractivity contribution in [1.29, 1.82) is 0 Å². The number of hydrogen-bond acceptors (Lipinski definition) is 7. The van der Waals surface area contributed by atoms with Crippen LogP contribution in [-0.2, 0) is 23.9 Å². The van der Waals surface area contributed by atoms with Crippen LogP contribution in [0.15, 0.2) is 30.3 Å². The Kier molecular flexibility index (Phi) is 9.49. The van der Waals surface area contributed by atoms with Crippen LogP contribution in [0.4, 0.5) is 0 Å². The molecule has 1 aromatic rings. The smallest absolute Gasteiger partial charge is 0.323 e. The second-order valence-corrected chi connectivity index (χ2v) is 9.61. The number of nitrogens with one attached hydrogen (secondary N) is 1. The predicted octanol–water partition coefficient (Wildman–Crippen LogP) is 1.63. The molecule has 1 aromatic carbocycles. The summed E-state index contributed by atoms with van der Waals surface area (Å²) in [4.78, 5) is 63.7. The fraction of sp³-hybridized carbons (Fsp3) is 0.560. The van der Waals surface area contributed by atoms with Crippen LogP contribution < -0.4 is 11.1 Å². The van der Waals surface area contributed by atoms with Crippen LogP contribution in [0.2, 0.25) is 0 Å². The van der Waals surface area contributed by atoms with Gasteiger partial charge in [-0.3, -0.25) is 29.3 Å². The van der Waals surface area contributed by atoms with Gasteiger partial charge in [0.05, 0.1) is 12.6 Å². The first-order valence-electron chi connectivity index (χ1n) is 11.6. The van der Waals surface area contributed by atoms with E-state index in [4.69, 9.17) is 10.5 Å². The number of rotatable bonds is 11. The number of primary amides is 1. The van der Waals surface area contributed by atoms with Crippen molar-refractivity contribution in [3.63, 3.8) is 0 Å². The molecule has 9 heteroatoms. The molecule has 0 bridgehead atoms. The molecule has 1 saturated heterocycles. The number of Topliss-reactive ketones (excluding diaryl/α,β-unsaturated/α-hetero) is 2. The fourth-order valence-corrected chi connectivity index (χ4v) is 3.88. The standard InChI is InChI=1S/C25H35N3O6/c1-16(23(32)28-14-8-11-19(28)22(31)25(2,3)4)34-24(33)18(12-13-21(26)30)27-15-20(29)17-9-6-5-7-10-17/h5-7,9-10,16,18-19,27H,8,11-15H2,1-4H3,(H2,26,30). The van der Waals surface area contributed by atoms with Crippen molar-refractivity contribution in [3.8, 4) is 0 Å². The van der Waals surface area contributed by atoms with Crippen LogP contribution in [0.1, 0.15) is 63.7 Å². The fourth-order valence-electron chi connectivity index (χ4n) is 3.88. The van der Waals surface area contributed by atoms with Crippen LogP contribution in [0.3, 0.4) is 0 Å². The molecular weight excluding hydrogens is 438 g/mol. The SMILES string of the molecule is CC(OC(=O)C(CCC(N)=O)NCC(=O)c1ccccc1)C(=O)N1CCCC1C(=O)C(C)(C)C. The Morgan fingerprint density at radius 2 is 1.79 bits per heavy atom. The van der Waals surface area contributed by atoms with Gasteiger partial charge < -0.3 is 15.4 Å². The lowest BCUT2D eigenvalue weighted by Crippen LogP contribution is -2.50. The minimum Gasteiger partial charge on any atom is -0.451 e. The maximum absolute atomic E-state index is 13.0. The van der Waals surface area contributed by atoms with E-state index in [0.717, 1.165) is 0 Å². The molecule has 9 nitrogen and oxygen atoms in total. The van der Waals surface area contributed by atoms with Crippen LogP contribution in [0.5, 0.6) is 0 Å². The molecule has 1 heterocycles. The second-order valence-electron chi connectivity index (χ2n) is 9.61. The van der Waals surface area contributed by atoms with E-state index in [0.29, 0.717) is 24.9 Å². The van der Waals surface area contributed by atoms with Crippen molar-refractivity contribution in [2.24, 2.45) is 11.1 Å². The highest BCUT2D eigenvalue weighted by Crippen LogP contribution is 2.27. The molecule has 34 heavy (non-hydrogen) atoms. The van der Waals surface area contributed by atoms with Gasteiger partial charge in [0.1, 0.15) is 6.04 Å². The summed E-state index contributed by atoms with van der Waals surface area (Å²) in [5, 5.41) is 2.82. The molecule has 0 aliphatic carbocycles. The highest BCUT2D eigenvalue weighted by molar-refractivity contribution is 5.98. The number of likely N-dealkylation sites (tertiary alicyclic amines) is 1. The number of ketones is 2. The molecular formula is C25H35N3O6. The lowest BCUT2D eigenvalue weighted by atomic mass is 9.85. The first-order chi connectivity index (χ1) is 15.9. The number of nitrogens with two attached hydrogens (primary N) is 1. The summed E-state index contributed by atoms with van der Waals surface area (Å²) in [6.07, 6.45) is 0.0778. The van der Waals surface area contributed by atoms with Gasteiger partial charge >= 0.3 is 5.97 Å². The summed E-state index contributed by atoms with van der Waals surface area (Å²) in [6, 6.07) is 7.03. The van der Waals surface area contributed by atoms with E-state index < -0.39 is 41.4 Å². The van der Waals surface area contributed by atoms with Gasteiger partial charge in [0.15, 0.2) is 17.7 Å². The summed E-state index contributed by atoms with van der Waals surface area (Å²) < 4.78 is 5.40. The average Bonchev–Trinajstić information content (AvgIpc) is 3.27. The van der Waals surface area contributed by atoms with Gasteiger partial charge in [0, 0.05) is 23.9 Å². The van der Waals surface area contributed by atoms with Crippen molar-refractivity contribution < 1.29 is 28.7 Å². The topological polar surface area (TPSA) is 136 Å². The van der Waals surface area contributed by atoms with E-state index in [1.165, 1.54) is 11.8 Å². The molecule has 2 rings (SSSR count). The van der Waals surface area contributed by atoms with Gasteiger partial charge in [-0.05, 0) is 26.2 Å². The van der Waals surface area contributed by atoms with E-state index in [2.05, 4.69) is 5.32 Å². The zero-order valence-electron chi connectivity index (χ0n) is 20.3. The zero-order valence-corrected chi connectivity index (χ0v) is 20.3. The van der Waals surface area contributed by atoms with Gasteiger partial charge in [-0.1, -0.05) is 51.1 Å². The number of hydrogen-bond donors (Lipinski definition) is 2. The Balaban J connectivity index is 2.03. The van der Waals surface area contributed by atoms with Gasteiger partial charge in [-0.15, -0.1) is 0 Å². The summed E-state index contributed by atoms with van der Waals surface area (Å²) in [5.74, 6) is -2.07. The van der Waals surface area contributed by atoms with Gasteiger partial charge in [-0.25, -0.2) is 0 Å². The van der Waals surface area contributed by atoms with Gasteiger partial charge in [-0.2, -0.15) is 0 Å². The van der Waals surface area contributed by atoms with Crippen LogP contribution in [0, 0.1) is 5.41 Å². The third-order valence-electron chi connectivity index (χ3n) is 5.79. The Hall–Kier alpha value is -3.07. The van der Waals surface area contributed by atoms with Crippen molar-refractivity contribution in [2.45, 2.75) is 71.6 Å². The number of carbonyl (C=O) groups is 5. The molecule has 0 saturated carbocycles. The summed E-state index contributed by atoms with van der Waals surface area (Å²) >= 11 is 0. The normalized spacial score (nSPS) is 17.6. The molecule has 3 atom stereocenters. The number of benzene rings is 1. The van der Waals surface area contributed by atoms with Crippen LogP contribution >= 0.6 is 0 Å². The Morgan fingerprint density at radius 3 is 2.38 bits per heavy atom. The second kappa shape index (κ2) is 11.9. The molecule has 2 amide bonds. The minimum atomic E-state index is -1.12. The summed E-state index contributed by atoms with van der Waals surface area (Å²) in [5.41, 5.74) is 5.10. The number of ether oxygens (including phenoxy) is 1. The van der Waals surface area contributed by atoms with E-state index in [1.807, 2.05) is 20.8 Å². The third-order valence-corrected chi connectivity index (χ3v) is 5.79. The molecule has 0 radical (unpaired) electrons. The molecule has 3 N–H and O–H groups in total. The lowest BCUT2D eigenvalue weighted by Gasteiger charge is -2.31. The largest absolute Gasteiger partial charge is 0.451 e. The predicted molar refractivity (Wildman–Crippen MR) is 126 cm³/mol. The number of nitrogens with zero attached hydrogens (tertiary/aromatic N) is 1. The van der Waals surface area contributed by atoms with Gasteiger partial charge in [0.2, 0.25) is 5.91 Å². The van der Waals surface area contributed by atoms with E-state index in [9.17, 15) is 24.0 Å². The Bertz CT molecular complexity index is 909. The van der Waals surface area contributed by atoms with Crippen LogP contribution in [0.25, 0.3) is 0 Å². The molecule has 0 aromatic heterocycles. The van der Waals surface area contributed by atoms with Crippen molar-refractivity contribution in [1.82, 2.24) is 10.2 Å². The van der Waals surface area contributed by atoms with Crippen molar-refractivity contribution >= 4 is 29.4 Å². The first-order valence-corrected chi connectivity index (χ1v) is 11.6. The highest BCUT2D eigenvalue weighted by atomic mass is 16.5. The minimum absolute atomic E-state index is 0.0198. The Labute approximate surface area is 200 Å². The molecule has 0 spiro atoms. The first kappa shape index (κ1) is 27.2. The zero-order chi connectivity index (χ0) is 25.5. The van der Waals surface area contributed by atoms with Gasteiger partial charge in [0.25, 0.3) is 5.91 Å². The lowest BCUT2D eigenvalue weighted by molar-refractivity contribution is -0.162. The molecule has 1 aliphatic rings. The number of carbonyl (C=O) groups excluding carboxylic acids is 5. The average molecular weight is 474 g/mol. The summed E-state index contributed by atoms with van der Waals surface area (Å²) in [7, 11) is 0. The van der Waals surface area contributed by atoms with E-state index in [-0.39, 0.29) is 31.0 Å². The van der Waals surface area contributed by atoms with Crippen LogP contribution in [-0.4, -0.2) is 65.5 Å². The van der Waals surface area contributed by atoms with E-state index in [1.54, 1.807) is 30.3 Å². The quantitative estimate of drug-likeness (QED) is 0.368.